The first kappa shape index (κ1) is 13.9. The van der Waals surface area contributed by atoms with Gasteiger partial charge in [0.2, 0.25) is 0 Å². The third-order valence-electron chi connectivity index (χ3n) is 2.64. The predicted molar refractivity (Wildman–Crippen MR) is 77.0 cm³/mol. The van der Waals surface area contributed by atoms with Crippen molar-refractivity contribution < 1.29 is 4.39 Å². The van der Waals surface area contributed by atoms with Crippen LogP contribution in [0.5, 0.6) is 0 Å². The Bertz CT molecular complexity index is 576. The molecule has 0 unspecified atom stereocenters. The van der Waals surface area contributed by atoms with E-state index in [9.17, 15) is 4.39 Å². The second kappa shape index (κ2) is 6.08. The monoisotopic (exact) mass is 324 g/mol. The molecule has 6 heteroatoms. The first-order valence-corrected chi connectivity index (χ1v) is 6.56. The summed E-state index contributed by atoms with van der Waals surface area (Å²) in [7, 11) is 3.60. The fourth-order valence-electron chi connectivity index (χ4n) is 1.68. The summed E-state index contributed by atoms with van der Waals surface area (Å²) in [6, 6.07) is 6.55. The zero-order valence-corrected chi connectivity index (χ0v) is 12.3. The van der Waals surface area contributed by atoms with Crippen molar-refractivity contribution in [3.63, 3.8) is 0 Å². The van der Waals surface area contributed by atoms with Crippen LogP contribution in [0.1, 0.15) is 5.82 Å². The number of hydrogen-bond acceptors (Lipinski definition) is 4. The summed E-state index contributed by atoms with van der Waals surface area (Å²) in [5.74, 6) is 1.03. The molecule has 0 aliphatic carbocycles. The summed E-state index contributed by atoms with van der Waals surface area (Å²) in [5, 5.41) is 2.99. The average molecular weight is 325 g/mol. The fourth-order valence-corrected chi connectivity index (χ4v) is 2.03. The topological polar surface area (TPSA) is 41.1 Å². The Hall–Kier alpha value is -1.53. The number of nitrogens with zero attached hydrogens (tertiary/aromatic N) is 3. The quantitative estimate of drug-likeness (QED) is 0.938. The highest BCUT2D eigenvalue weighted by atomic mass is 79.9. The Labute approximate surface area is 119 Å². The number of rotatable bonds is 4. The van der Waals surface area contributed by atoms with Crippen molar-refractivity contribution in [3.05, 3.63) is 46.6 Å². The zero-order valence-electron chi connectivity index (χ0n) is 10.7. The first-order valence-electron chi connectivity index (χ1n) is 5.77. The second-order valence-corrected chi connectivity index (χ2v) is 4.93. The highest BCUT2D eigenvalue weighted by Crippen LogP contribution is 2.27. The van der Waals surface area contributed by atoms with Crippen molar-refractivity contribution >= 4 is 27.4 Å². The molecule has 2 rings (SSSR count). The van der Waals surface area contributed by atoms with Gasteiger partial charge in [0.25, 0.3) is 0 Å². The number of nitrogens with one attached hydrogen (secondary N) is 1. The summed E-state index contributed by atoms with van der Waals surface area (Å²) in [4.78, 5) is 10.2. The van der Waals surface area contributed by atoms with E-state index in [1.165, 1.54) is 6.07 Å². The number of anilines is 2. The molecule has 1 N–H and O–H groups in total. The SMILES string of the molecule is CNCc1nccc(N(C)c2cc(Br)ccc2F)n1. The molecule has 19 heavy (non-hydrogen) atoms. The van der Waals surface area contributed by atoms with Gasteiger partial charge in [-0.05, 0) is 31.3 Å². The Morgan fingerprint density at radius 1 is 1.37 bits per heavy atom. The van der Waals surface area contributed by atoms with Crippen molar-refractivity contribution in [2.45, 2.75) is 6.54 Å². The van der Waals surface area contributed by atoms with Crippen molar-refractivity contribution in [2.24, 2.45) is 0 Å². The Morgan fingerprint density at radius 3 is 2.89 bits per heavy atom. The molecule has 0 spiro atoms. The highest BCUT2D eigenvalue weighted by molar-refractivity contribution is 9.10. The van der Waals surface area contributed by atoms with E-state index in [0.29, 0.717) is 23.9 Å². The molecule has 0 aliphatic heterocycles. The fraction of sp³-hybridized carbons (Fsp3) is 0.231. The van der Waals surface area contributed by atoms with Gasteiger partial charge in [-0.2, -0.15) is 0 Å². The van der Waals surface area contributed by atoms with Crippen LogP contribution in [0.4, 0.5) is 15.9 Å². The van der Waals surface area contributed by atoms with E-state index in [1.54, 1.807) is 36.3 Å². The van der Waals surface area contributed by atoms with Crippen molar-refractivity contribution in [1.82, 2.24) is 15.3 Å². The van der Waals surface area contributed by atoms with Gasteiger partial charge in [-0.25, -0.2) is 14.4 Å². The molecule has 100 valence electrons. The van der Waals surface area contributed by atoms with Gasteiger partial charge in [0.15, 0.2) is 0 Å². The van der Waals surface area contributed by atoms with Crippen LogP contribution in [0, 0.1) is 5.82 Å². The zero-order chi connectivity index (χ0) is 13.8. The lowest BCUT2D eigenvalue weighted by Gasteiger charge is -2.19. The molecule has 1 aromatic heterocycles. The maximum Gasteiger partial charge on any atom is 0.146 e. The smallest absolute Gasteiger partial charge is 0.146 e. The lowest BCUT2D eigenvalue weighted by atomic mass is 10.3. The van der Waals surface area contributed by atoms with Gasteiger partial charge in [0.1, 0.15) is 17.5 Å². The normalized spacial score (nSPS) is 10.5. The molecule has 0 fully saturated rings. The summed E-state index contributed by atoms with van der Waals surface area (Å²) in [6.07, 6.45) is 1.67. The Kier molecular flexibility index (Phi) is 4.44. The maximum absolute atomic E-state index is 13.8. The van der Waals surface area contributed by atoms with Crippen LogP contribution in [-0.2, 0) is 6.54 Å². The van der Waals surface area contributed by atoms with Crippen molar-refractivity contribution in [1.29, 1.82) is 0 Å². The predicted octanol–water partition coefficient (Wildman–Crippen LogP) is 2.87. The van der Waals surface area contributed by atoms with Gasteiger partial charge in [-0.15, -0.1) is 0 Å². The molecule has 0 amide bonds. The van der Waals surface area contributed by atoms with Crippen molar-refractivity contribution in [3.8, 4) is 0 Å². The molecule has 0 aliphatic rings. The van der Waals surface area contributed by atoms with Crippen LogP contribution in [0.25, 0.3) is 0 Å². The third-order valence-corrected chi connectivity index (χ3v) is 3.13. The van der Waals surface area contributed by atoms with E-state index in [1.807, 2.05) is 7.05 Å². The molecule has 0 radical (unpaired) electrons. The van der Waals surface area contributed by atoms with Gasteiger partial charge >= 0.3 is 0 Å². The van der Waals surface area contributed by atoms with E-state index in [0.717, 1.165) is 4.47 Å². The van der Waals surface area contributed by atoms with E-state index < -0.39 is 0 Å². The molecular formula is C13H14BrFN4. The largest absolute Gasteiger partial charge is 0.327 e. The maximum atomic E-state index is 13.8. The Morgan fingerprint density at radius 2 is 2.16 bits per heavy atom. The van der Waals surface area contributed by atoms with Crippen LogP contribution in [0.3, 0.4) is 0 Å². The number of aromatic nitrogens is 2. The first-order chi connectivity index (χ1) is 9.11. The molecular weight excluding hydrogens is 311 g/mol. The molecule has 0 atom stereocenters. The molecule has 1 heterocycles. The highest BCUT2D eigenvalue weighted by Gasteiger charge is 2.11. The Balaban J connectivity index is 2.35. The van der Waals surface area contributed by atoms with Crippen LogP contribution in [-0.4, -0.2) is 24.1 Å². The van der Waals surface area contributed by atoms with Crippen LogP contribution in [0.15, 0.2) is 34.9 Å². The van der Waals surface area contributed by atoms with Gasteiger partial charge in [-0.3, -0.25) is 0 Å². The lowest BCUT2D eigenvalue weighted by molar-refractivity contribution is 0.626. The molecule has 2 aromatic rings. The molecule has 1 aromatic carbocycles. The minimum Gasteiger partial charge on any atom is -0.327 e. The standard InChI is InChI=1S/C13H14BrFN4/c1-16-8-12-17-6-5-13(18-12)19(2)11-7-9(14)3-4-10(11)15/h3-7,16H,8H2,1-2H3. The van der Waals surface area contributed by atoms with E-state index >= 15 is 0 Å². The van der Waals surface area contributed by atoms with E-state index in [4.69, 9.17) is 0 Å². The minimum atomic E-state index is -0.292. The minimum absolute atomic E-state index is 0.292. The average Bonchev–Trinajstić information content (AvgIpc) is 2.41. The van der Waals surface area contributed by atoms with E-state index in [-0.39, 0.29) is 5.82 Å². The summed E-state index contributed by atoms with van der Waals surface area (Å²) in [5.41, 5.74) is 0.462. The summed E-state index contributed by atoms with van der Waals surface area (Å²) >= 11 is 3.34. The van der Waals surface area contributed by atoms with Gasteiger partial charge < -0.3 is 10.2 Å². The molecule has 0 saturated heterocycles. The van der Waals surface area contributed by atoms with Crippen LogP contribution in [0.2, 0.25) is 0 Å². The number of benzene rings is 1. The van der Waals surface area contributed by atoms with Gasteiger partial charge in [0.05, 0.1) is 12.2 Å². The third kappa shape index (κ3) is 3.27. The lowest BCUT2D eigenvalue weighted by Crippen LogP contribution is -2.16. The van der Waals surface area contributed by atoms with Crippen LogP contribution >= 0.6 is 15.9 Å². The van der Waals surface area contributed by atoms with Crippen LogP contribution < -0.4 is 10.2 Å². The molecule has 0 bridgehead atoms. The van der Waals surface area contributed by atoms with E-state index in [2.05, 4.69) is 31.2 Å². The van der Waals surface area contributed by atoms with Crippen molar-refractivity contribution in [2.75, 3.05) is 19.0 Å². The second-order valence-electron chi connectivity index (χ2n) is 4.02. The number of hydrogen-bond donors (Lipinski definition) is 1. The molecule has 4 nitrogen and oxygen atoms in total. The number of halogens is 2. The summed E-state index contributed by atoms with van der Waals surface area (Å²) in [6.45, 7) is 0.572. The van der Waals surface area contributed by atoms with Gasteiger partial charge in [0, 0.05) is 17.7 Å². The van der Waals surface area contributed by atoms with Gasteiger partial charge in [-0.1, -0.05) is 15.9 Å². The molecule has 0 saturated carbocycles. The summed E-state index contributed by atoms with van der Waals surface area (Å²) < 4.78 is 14.7.